The number of fused-ring (bicyclic) bond motifs is 1. The Morgan fingerprint density at radius 2 is 2.00 bits per heavy atom. The number of aromatic nitrogens is 1. The number of hydrogen-bond donors (Lipinski definition) is 1. The maximum absolute atomic E-state index is 12.1. The number of aryl methyl sites for hydroxylation is 1. The number of hydrogen-bond acceptors (Lipinski definition) is 5. The van der Waals surface area contributed by atoms with E-state index in [1.807, 2.05) is 0 Å². The van der Waals surface area contributed by atoms with E-state index in [1.54, 1.807) is 25.2 Å². The summed E-state index contributed by atoms with van der Waals surface area (Å²) < 4.78 is 11.6. The molecule has 0 aliphatic rings. The quantitative estimate of drug-likeness (QED) is 0.646. The molecule has 0 unspecified atom stereocenters. The summed E-state index contributed by atoms with van der Waals surface area (Å²) in [6.45, 7) is 1.26. The fourth-order valence-corrected chi connectivity index (χ4v) is 1.92. The molecule has 2 rings (SSSR count). The largest absolute Gasteiger partial charge is 0.488 e. The van der Waals surface area contributed by atoms with Crippen LogP contribution >= 0.6 is 0 Å². The summed E-state index contributed by atoms with van der Waals surface area (Å²) >= 11 is 0. The number of methoxy groups -OCH3 is 1. The number of ether oxygens (including phenoxy) is 2. The fourth-order valence-electron chi connectivity index (χ4n) is 1.92. The van der Waals surface area contributed by atoms with Crippen LogP contribution in [-0.4, -0.2) is 17.6 Å². The van der Waals surface area contributed by atoms with Gasteiger partial charge in [-0.25, -0.2) is 0 Å². The first kappa shape index (κ1) is 12.9. The molecule has 0 aliphatic heterocycles. The van der Waals surface area contributed by atoms with Crippen LogP contribution < -0.4 is 20.8 Å². The Kier molecular flexibility index (Phi) is 3.16. The molecule has 0 amide bonds. The highest BCUT2D eigenvalue weighted by Gasteiger charge is 2.18. The van der Waals surface area contributed by atoms with Crippen molar-refractivity contribution in [2.45, 2.75) is 6.92 Å². The Bertz CT molecular complexity index is 719. The summed E-state index contributed by atoms with van der Waals surface area (Å²) in [5.74, 6) is -0.409. The van der Waals surface area contributed by atoms with Gasteiger partial charge < -0.3 is 19.8 Å². The molecule has 1 aromatic heterocycles. The molecule has 0 fully saturated rings. The van der Waals surface area contributed by atoms with Crippen molar-refractivity contribution in [2.24, 2.45) is 7.05 Å². The maximum atomic E-state index is 12.1. The van der Waals surface area contributed by atoms with Crippen LogP contribution in [0.15, 0.2) is 23.0 Å². The van der Waals surface area contributed by atoms with Crippen LogP contribution in [0.25, 0.3) is 10.9 Å². The highest BCUT2D eigenvalue weighted by molar-refractivity contribution is 5.91. The molecule has 6 nitrogen and oxygen atoms in total. The SMILES string of the molecule is COc1c(OC(C)=O)c2ccc(N)cc2n(C)c1=O. The zero-order valence-corrected chi connectivity index (χ0v) is 10.9. The first-order chi connectivity index (χ1) is 8.95. The standard InChI is InChI=1S/C13H14N2O4/c1-7(16)19-11-9-5-4-8(14)6-10(9)15(2)13(17)12(11)18-3/h4-6H,14H2,1-3H3. The third-order valence-electron chi connectivity index (χ3n) is 2.78. The van der Waals surface area contributed by atoms with Crippen molar-refractivity contribution in [3.63, 3.8) is 0 Å². The highest BCUT2D eigenvalue weighted by Crippen LogP contribution is 2.33. The van der Waals surface area contributed by atoms with Gasteiger partial charge in [-0.2, -0.15) is 0 Å². The first-order valence-corrected chi connectivity index (χ1v) is 5.60. The van der Waals surface area contributed by atoms with Crippen LogP contribution in [0.1, 0.15) is 6.92 Å². The van der Waals surface area contributed by atoms with Crippen molar-refractivity contribution in [3.8, 4) is 11.5 Å². The number of nitrogens with zero attached hydrogens (tertiary/aromatic N) is 1. The minimum absolute atomic E-state index is 0.00466. The van der Waals surface area contributed by atoms with E-state index in [-0.39, 0.29) is 11.5 Å². The minimum Gasteiger partial charge on any atom is -0.488 e. The van der Waals surface area contributed by atoms with Gasteiger partial charge in [-0.15, -0.1) is 0 Å². The molecule has 100 valence electrons. The van der Waals surface area contributed by atoms with Crippen LogP contribution in [0.5, 0.6) is 11.5 Å². The molecular weight excluding hydrogens is 248 g/mol. The molecular formula is C13H14N2O4. The van der Waals surface area contributed by atoms with Gasteiger partial charge in [-0.1, -0.05) is 0 Å². The molecule has 1 heterocycles. The van der Waals surface area contributed by atoms with E-state index in [0.29, 0.717) is 16.6 Å². The van der Waals surface area contributed by atoms with Crippen molar-refractivity contribution >= 4 is 22.6 Å². The summed E-state index contributed by atoms with van der Waals surface area (Å²) in [6.07, 6.45) is 0. The monoisotopic (exact) mass is 262 g/mol. The Hall–Kier alpha value is -2.50. The van der Waals surface area contributed by atoms with Gasteiger partial charge in [0.05, 0.1) is 12.6 Å². The third-order valence-corrected chi connectivity index (χ3v) is 2.78. The van der Waals surface area contributed by atoms with Crippen molar-refractivity contribution in [2.75, 3.05) is 12.8 Å². The zero-order valence-electron chi connectivity index (χ0n) is 10.9. The van der Waals surface area contributed by atoms with E-state index >= 15 is 0 Å². The summed E-state index contributed by atoms with van der Waals surface area (Å²) in [6, 6.07) is 4.99. The Morgan fingerprint density at radius 1 is 1.32 bits per heavy atom. The predicted molar refractivity (Wildman–Crippen MR) is 71.5 cm³/mol. The number of esters is 1. The second-order valence-corrected chi connectivity index (χ2v) is 4.10. The number of carbonyl (C=O) groups excluding carboxylic acids is 1. The smallest absolute Gasteiger partial charge is 0.308 e. The van der Waals surface area contributed by atoms with E-state index in [4.69, 9.17) is 15.2 Å². The van der Waals surface area contributed by atoms with Crippen LogP contribution in [0.2, 0.25) is 0 Å². The lowest BCUT2D eigenvalue weighted by Crippen LogP contribution is -2.21. The van der Waals surface area contributed by atoms with Gasteiger partial charge in [0.15, 0.2) is 5.75 Å². The topological polar surface area (TPSA) is 83.5 Å². The average Bonchev–Trinajstić information content (AvgIpc) is 2.35. The second kappa shape index (κ2) is 4.64. The lowest BCUT2D eigenvalue weighted by atomic mass is 10.1. The molecule has 0 bridgehead atoms. The number of rotatable bonds is 2. The molecule has 19 heavy (non-hydrogen) atoms. The van der Waals surface area contributed by atoms with Crippen molar-refractivity contribution in [1.29, 1.82) is 0 Å². The molecule has 0 radical (unpaired) electrons. The van der Waals surface area contributed by atoms with Crippen molar-refractivity contribution < 1.29 is 14.3 Å². The number of benzene rings is 1. The summed E-state index contributed by atoms with van der Waals surface area (Å²) in [5, 5.41) is 0.586. The number of nitrogen functional groups attached to an aromatic ring is 1. The number of nitrogens with two attached hydrogens (primary N) is 1. The molecule has 6 heteroatoms. The Labute approximate surface area is 109 Å². The van der Waals surface area contributed by atoms with Crippen LogP contribution in [-0.2, 0) is 11.8 Å². The van der Waals surface area contributed by atoms with Crippen LogP contribution in [0, 0.1) is 0 Å². The molecule has 0 saturated heterocycles. The molecule has 0 atom stereocenters. The zero-order chi connectivity index (χ0) is 14.2. The Balaban J connectivity index is 2.93. The molecule has 1 aromatic carbocycles. The molecule has 0 spiro atoms. The van der Waals surface area contributed by atoms with E-state index in [1.165, 1.54) is 18.6 Å². The first-order valence-electron chi connectivity index (χ1n) is 5.60. The molecule has 0 saturated carbocycles. The van der Waals surface area contributed by atoms with Crippen LogP contribution in [0.4, 0.5) is 5.69 Å². The van der Waals surface area contributed by atoms with Crippen LogP contribution in [0.3, 0.4) is 0 Å². The van der Waals surface area contributed by atoms with Crippen molar-refractivity contribution in [3.05, 3.63) is 28.6 Å². The highest BCUT2D eigenvalue weighted by atomic mass is 16.6. The second-order valence-electron chi connectivity index (χ2n) is 4.10. The lowest BCUT2D eigenvalue weighted by Gasteiger charge is -2.14. The summed E-state index contributed by atoms with van der Waals surface area (Å²) in [7, 11) is 2.96. The Morgan fingerprint density at radius 3 is 2.58 bits per heavy atom. The number of carbonyl (C=O) groups is 1. The lowest BCUT2D eigenvalue weighted by molar-refractivity contribution is -0.131. The normalized spacial score (nSPS) is 10.5. The summed E-state index contributed by atoms with van der Waals surface area (Å²) in [4.78, 5) is 23.3. The molecule has 0 aliphatic carbocycles. The number of anilines is 1. The van der Waals surface area contributed by atoms with Gasteiger partial charge in [0.25, 0.3) is 5.56 Å². The van der Waals surface area contributed by atoms with Gasteiger partial charge in [-0.05, 0) is 18.2 Å². The van der Waals surface area contributed by atoms with Gasteiger partial charge in [0.2, 0.25) is 5.75 Å². The predicted octanol–water partition coefficient (Wildman–Crippen LogP) is 1.05. The van der Waals surface area contributed by atoms with E-state index in [2.05, 4.69) is 0 Å². The van der Waals surface area contributed by atoms with Gasteiger partial charge in [-0.3, -0.25) is 9.59 Å². The minimum atomic E-state index is -0.523. The van der Waals surface area contributed by atoms with Gasteiger partial charge in [0.1, 0.15) is 0 Å². The third kappa shape index (κ3) is 2.12. The fraction of sp³-hybridized carbons (Fsp3) is 0.231. The van der Waals surface area contributed by atoms with E-state index in [0.717, 1.165) is 0 Å². The van der Waals surface area contributed by atoms with Crippen molar-refractivity contribution in [1.82, 2.24) is 4.57 Å². The summed E-state index contributed by atoms with van der Waals surface area (Å²) in [5.41, 5.74) is 6.41. The maximum Gasteiger partial charge on any atom is 0.308 e. The average molecular weight is 262 g/mol. The number of pyridine rings is 1. The molecule has 2 aromatic rings. The van der Waals surface area contributed by atoms with Gasteiger partial charge >= 0.3 is 5.97 Å². The molecule has 2 N–H and O–H groups in total. The van der Waals surface area contributed by atoms with Gasteiger partial charge in [0, 0.05) is 25.0 Å². The van der Waals surface area contributed by atoms with E-state index < -0.39 is 11.5 Å². The van der Waals surface area contributed by atoms with E-state index in [9.17, 15) is 9.59 Å².